The molecule has 0 aliphatic carbocycles. The predicted molar refractivity (Wildman–Crippen MR) is 108 cm³/mol. The fraction of sp³-hybridized carbons (Fsp3) is 0.263. The van der Waals surface area contributed by atoms with Gasteiger partial charge in [0, 0.05) is 6.54 Å². The summed E-state index contributed by atoms with van der Waals surface area (Å²) in [4.78, 5) is 0. The van der Waals surface area contributed by atoms with Gasteiger partial charge >= 0.3 is 0 Å². The highest BCUT2D eigenvalue weighted by Crippen LogP contribution is 2.25. The minimum atomic E-state index is -0.285. The smallest absolute Gasteiger partial charge is 0.187 e. The van der Waals surface area contributed by atoms with Crippen LogP contribution in [0.15, 0.2) is 47.6 Å². The number of hydrazone groups is 1. The number of ether oxygens (including phenoxy) is 1. The van der Waals surface area contributed by atoms with Crippen molar-refractivity contribution >= 4 is 35.1 Å². The van der Waals surface area contributed by atoms with E-state index in [-0.39, 0.29) is 5.82 Å². The maximum Gasteiger partial charge on any atom is 0.187 e. The Balaban J connectivity index is 1.77. The zero-order chi connectivity index (χ0) is 18.8. The molecule has 2 rings (SSSR count). The lowest BCUT2D eigenvalue weighted by atomic mass is 10.2. The molecule has 0 aromatic heterocycles. The molecule has 2 aromatic carbocycles. The van der Waals surface area contributed by atoms with Gasteiger partial charge in [-0.15, -0.1) is 0 Å². The van der Waals surface area contributed by atoms with E-state index >= 15 is 0 Å². The maximum atomic E-state index is 12.8. The van der Waals surface area contributed by atoms with Gasteiger partial charge in [-0.3, -0.25) is 5.43 Å². The summed E-state index contributed by atoms with van der Waals surface area (Å²) in [6.45, 7) is 3.28. The maximum absolute atomic E-state index is 12.8. The number of rotatable bonds is 8. The minimum Gasteiger partial charge on any atom is -0.492 e. The molecule has 0 saturated heterocycles. The van der Waals surface area contributed by atoms with E-state index in [1.54, 1.807) is 18.3 Å². The van der Waals surface area contributed by atoms with Crippen LogP contribution in [0.25, 0.3) is 0 Å². The number of nitrogens with zero attached hydrogens (tertiary/aromatic N) is 1. The first-order chi connectivity index (χ1) is 12.6. The van der Waals surface area contributed by atoms with Crippen molar-refractivity contribution in [2.45, 2.75) is 26.3 Å². The van der Waals surface area contributed by atoms with Crippen molar-refractivity contribution in [3.8, 4) is 5.75 Å². The molecule has 0 heterocycles. The van der Waals surface area contributed by atoms with E-state index in [1.807, 2.05) is 18.2 Å². The largest absolute Gasteiger partial charge is 0.492 e. The van der Waals surface area contributed by atoms with Gasteiger partial charge in [-0.25, -0.2) is 4.39 Å². The van der Waals surface area contributed by atoms with Crippen LogP contribution in [-0.4, -0.2) is 17.9 Å². The van der Waals surface area contributed by atoms with Crippen molar-refractivity contribution in [2.75, 3.05) is 6.61 Å². The average Bonchev–Trinajstić information content (AvgIpc) is 2.63. The monoisotopic (exact) mass is 393 g/mol. The second-order valence-corrected chi connectivity index (χ2v) is 6.39. The van der Waals surface area contributed by atoms with Gasteiger partial charge in [0.05, 0.1) is 17.8 Å². The molecule has 0 radical (unpaired) electrons. The third-order valence-electron chi connectivity index (χ3n) is 3.45. The number of thiocarbonyl (C=S) groups is 1. The molecule has 0 bridgehead atoms. The Bertz CT molecular complexity index is 753. The normalized spacial score (nSPS) is 10.7. The Labute approximate surface area is 163 Å². The van der Waals surface area contributed by atoms with Gasteiger partial charge in [0.15, 0.2) is 5.11 Å². The first kappa shape index (κ1) is 20.1. The highest BCUT2D eigenvalue weighted by molar-refractivity contribution is 7.80. The number of benzene rings is 2. The molecule has 4 nitrogen and oxygen atoms in total. The van der Waals surface area contributed by atoms with Crippen LogP contribution in [0.2, 0.25) is 5.02 Å². The van der Waals surface area contributed by atoms with Crippen LogP contribution in [0.1, 0.15) is 30.9 Å². The molecular formula is C19H21ClFN3OS. The molecule has 0 fully saturated rings. The third kappa shape index (κ3) is 6.98. The second kappa shape index (κ2) is 10.7. The molecule has 138 valence electrons. The SMILES string of the molecule is CCCCOc1ccc(CNC(=S)NN=Cc2ccc(F)cc2)cc1Cl. The van der Waals surface area contributed by atoms with Crippen LogP contribution in [-0.2, 0) is 6.54 Å². The van der Waals surface area contributed by atoms with Crippen LogP contribution in [0.4, 0.5) is 4.39 Å². The molecule has 7 heteroatoms. The minimum absolute atomic E-state index is 0.285. The molecule has 0 amide bonds. The summed E-state index contributed by atoms with van der Waals surface area (Å²) in [5.74, 6) is 0.404. The standard InChI is InChI=1S/C19H21ClFN3OS/c1-2-3-10-25-18-9-6-15(11-17(18)20)12-22-19(26)24-23-13-14-4-7-16(21)8-5-14/h4-9,11,13H,2-3,10,12H2,1H3,(H2,22,24,26). The zero-order valence-corrected chi connectivity index (χ0v) is 16.0. The van der Waals surface area contributed by atoms with Crippen LogP contribution in [0.3, 0.4) is 0 Å². The highest BCUT2D eigenvalue weighted by Gasteiger charge is 2.04. The van der Waals surface area contributed by atoms with Crippen molar-refractivity contribution < 1.29 is 9.13 Å². The molecule has 0 saturated carbocycles. The van der Waals surface area contributed by atoms with E-state index in [0.717, 1.165) is 24.0 Å². The number of hydrogen-bond acceptors (Lipinski definition) is 3. The highest BCUT2D eigenvalue weighted by atomic mass is 35.5. The third-order valence-corrected chi connectivity index (χ3v) is 3.99. The predicted octanol–water partition coefficient (Wildman–Crippen LogP) is 4.66. The lowest BCUT2D eigenvalue weighted by Gasteiger charge is -2.10. The summed E-state index contributed by atoms with van der Waals surface area (Å²) in [5.41, 5.74) is 4.46. The van der Waals surface area contributed by atoms with Crippen LogP contribution >= 0.6 is 23.8 Å². The Kier molecular flexibility index (Phi) is 8.31. The van der Waals surface area contributed by atoms with E-state index in [4.69, 9.17) is 28.6 Å². The van der Waals surface area contributed by atoms with E-state index in [9.17, 15) is 4.39 Å². The van der Waals surface area contributed by atoms with Gasteiger partial charge in [0.25, 0.3) is 0 Å². The number of nitrogens with one attached hydrogen (secondary N) is 2. The Morgan fingerprint density at radius 3 is 2.73 bits per heavy atom. The first-order valence-corrected chi connectivity index (χ1v) is 9.11. The summed E-state index contributed by atoms with van der Waals surface area (Å²) >= 11 is 11.4. The van der Waals surface area contributed by atoms with Crippen LogP contribution in [0.5, 0.6) is 5.75 Å². The van der Waals surface area contributed by atoms with Gasteiger partial charge in [-0.05, 0) is 54.0 Å². The number of hydrogen-bond donors (Lipinski definition) is 2. The molecule has 0 aliphatic heterocycles. The van der Waals surface area contributed by atoms with Gasteiger partial charge in [-0.1, -0.05) is 43.1 Å². The molecule has 26 heavy (non-hydrogen) atoms. The molecule has 2 N–H and O–H groups in total. The van der Waals surface area contributed by atoms with Crippen molar-refractivity contribution in [2.24, 2.45) is 5.10 Å². The Morgan fingerprint density at radius 2 is 2.04 bits per heavy atom. The summed E-state index contributed by atoms with van der Waals surface area (Å²) < 4.78 is 18.4. The molecule has 0 aliphatic rings. The van der Waals surface area contributed by atoms with Crippen molar-refractivity contribution in [1.82, 2.24) is 10.7 Å². The van der Waals surface area contributed by atoms with Gasteiger partial charge in [-0.2, -0.15) is 5.10 Å². The Hall–Kier alpha value is -2.18. The van der Waals surface area contributed by atoms with Gasteiger partial charge < -0.3 is 10.1 Å². The summed E-state index contributed by atoms with van der Waals surface area (Å²) in [6, 6.07) is 11.6. The van der Waals surface area contributed by atoms with Crippen molar-refractivity contribution in [1.29, 1.82) is 0 Å². The van der Waals surface area contributed by atoms with Crippen LogP contribution in [0, 0.1) is 5.82 Å². The van der Waals surface area contributed by atoms with Gasteiger partial charge in [0.1, 0.15) is 11.6 Å². The fourth-order valence-electron chi connectivity index (χ4n) is 2.03. The molecule has 2 aromatic rings. The van der Waals surface area contributed by atoms with E-state index in [2.05, 4.69) is 22.8 Å². The molecule has 0 spiro atoms. The topological polar surface area (TPSA) is 45.6 Å². The van der Waals surface area contributed by atoms with Crippen LogP contribution < -0.4 is 15.5 Å². The molecular weight excluding hydrogens is 373 g/mol. The molecule has 0 atom stereocenters. The van der Waals surface area contributed by atoms with E-state index in [0.29, 0.717) is 29.0 Å². The van der Waals surface area contributed by atoms with E-state index in [1.165, 1.54) is 12.1 Å². The number of unbranched alkanes of at least 4 members (excludes halogenated alkanes) is 1. The summed E-state index contributed by atoms with van der Waals surface area (Å²) in [5, 5.41) is 8.01. The summed E-state index contributed by atoms with van der Waals surface area (Å²) in [7, 11) is 0. The first-order valence-electron chi connectivity index (χ1n) is 8.32. The Morgan fingerprint density at radius 1 is 1.27 bits per heavy atom. The number of halogens is 2. The van der Waals surface area contributed by atoms with Crippen molar-refractivity contribution in [3.05, 3.63) is 64.4 Å². The zero-order valence-electron chi connectivity index (χ0n) is 14.5. The molecule has 0 unspecified atom stereocenters. The fourth-order valence-corrected chi connectivity index (χ4v) is 2.42. The second-order valence-electron chi connectivity index (χ2n) is 5.57. The van der Waals surface area contributed by atoms with E-state index < -0.39 is 0 Å². The lowest BCUT2D eigenvalue weighted by molar-refractivity contribution is 0.309. The van der Waals surface area contributed by atoms with Gasteiger partial charge in [0.2, 0.25) is 0 Å². The van der Waals surface area contributed by atoms with Crippen molar-refractivity contribution in [3.63, 3.8) is 0 Å². The lowest BCUT2D eigenvalue weighted by Crippen LogP contribution is -2.31. The summed E-state index contributed by atoms with van der Waals surface area (Å²) in [6.07, 6.45) is 3.64. The average molecular weight is 394 g/mol. The quantitative estimate of drug-likeness (QED) is 0.296.